The van der Waals surface area contributed by atoms with E-state index in [1.165, 1.54) is 16.9 Å². The molecule has 1 amide bonds. The molecule has 4 rings (SSSR count). The van der Waals surface area contributed by atoms with Gasteiger partial charge in [0.05, 0.1) is 34.0 Å². The Hall–Kier alpha value is -3.56. The molecule has 0 radical (unpaired) electrons. The number of rotatable bonds is 5. The molecule has 29 heavy (non-hydrogen) atoms. The lowest BCUT2D eigenvalue weighted by Crippen LogP contribution is -2.30. The summed E-state index contributed by atoms with van der Waals surface area (Å²) in [7, 11) is 0. The van der Waals surface area contributed by atoms with E-state index in [9.17, 15) is 4.79 Å². The molecular weight excluding hydrogens is 380 g/mol. The molecule has 0 aliphatic heterocycles. The highest BCUT2D eigenvalue weighted by atomic mass is 32.1. The number of hydrogen-bond acceptors (Lipinski definition) is 5. The summed E-state index contributed by atoms with van der Waals surface area (Å²) in [5.41, 5.74) is 4.14. The Balaban J connectivity index is 1.74. The van der Waals surface area contributed by atoms with Crippen molar-refractivity contribution in [1.29, 1.82) is 5.26 Å². The van der Waals surface area contributed by atoms with E-state index in [0.717, 1.165) is 22.2 Å². The van der Waals surface area contributed by atoms with Gasteiger partial charge in [-0.1, -0.05) is 36.5 Å². The molecular formula is C23H18N4OS. The van der Waals surface area contributed by atoms with Crippen LogP contribution >= 0.6 is 11.3 Å². The van der Waals surface area contributed by atoms with Crippen molar-refractivity contribution in [3.8, 4) is 6.07 Å². The SMILES string of the molecule is CCc1ccc2nc(N(Cc3ccc(C#N)cc3)C(=O)c3cccnc3)sc2c1. The molecule has 0 unspecified atom stereocenters. The number of nitrogens with zero attached hydrogens (tertiary/aromatic N) is 4. The molecule has 142 valence electrons. The number of amides is 1. The Morgan fingerprint density at radius 3 is 2.62 bits per heavy atom. The van der Waals surface area contributed by atoms with Crippen molar-refractivity contribution in [3.05, 3.63) is 89.2 Å². The molecule has 6 heteroatoms. The number of hydrogen-bond donors (Lipinski definition) is 0. The fraction of sp³-hybridized carbons (Fsp3) is 0.130. The molecule has 0 atom stereocenters. The number of carbonyl (C=O) groups is 1. The van der Waals surface area contributed by atoms with Gasteiger partial charge in [-0.3, -0.25) is 14.7 Å². The van der Waals surface area contributed by atoms with Gasteiger partial charge in [0.1, 0.15) is 0 Å². The number of aromatic nitrogens is 2. The maximum absolute atomic E-state index is 13.3. The second-order valence-electron chi connectivity index (χ2n) is 6.59. The maximum Gasteiger partial charge on any atom is 0.261 e. The van der Waals surface area contributed by atoms with Gasteiger partial charge < -0.3 is 0 Å². The third kappa shape index (κ3) is 4.00. The normalized spacial score (nSPS) is 10.6. The number of fused-ring (bicyclic) bond motifs is 1. The summed E-state index contributed by atoms with van der Waals surface area (Å²) in [5, 5.41) is 9.66. The van der Waals surface area contributed by atoms with E-state index in [4.69, 9.17) is 10.2 Å². The number of thiazole rings is 1. The minimum Gasteiger partial charge on any atom is -0.279 e. The van der Waals surface area contributed by atoms with Gasteiger partial charge in [0, 0.05) is 12.4 Å². The van der Waals surface area contributed by atoms with Crippen LogP contribution in [0, 0.1) is 11.3 Å². The van der Waals surface area contributed by atoms with Crippen LogP contribution in [0.1, 0.15) is 34.0 Å². The maximum atomic E-state index is 13.3. The molecule has 0 saturated carbocycles. The van der Waals surface area contributed by atoms with Crippen LogP contribution in [0.15, 0.2) is 67.0 Å². The zero-order valence-electron chi connectivity index (χ0n) is 15.9. The first-order valence-electron chi connectivity index (χ1n) is 9.28. The number of aryl methyl sites for hydroxylation is 1. The quantitative estimate of drug-likeness (QED) is 0.476. The molecule has 0 aliphatic rings. The highest BCUT2D eigenvalue weighted by molar-refractivity contribution is 7.22. The molecule has 2 aromatic heterocycles. The molecule has 2 aromatic carbocycles. The van der Waals surface area contributed by atoms with E-state index in [0.29, 0.717) is 22.8 Å². The van der Waals surface area contributed by atoms with Crippen LogP contribution in [-0.4, -0.2) is 15.9 Å². The van der Waals surface area contributed by atoms with Crippen LogP contribution in [0.2, 0.25) is 0 Å². The highest BCUT2D eigenvalue weighted by Crippen LogP contribution is 2.31. The van der Waals surface area contributed by atoms with E-state index in [1.54, 1.807) is 41.6 Å². The van der Waals surface area contributed by atoms with Crippen molar-refractivity contribution in [2.24, 2.45) is 0 Å². The van der Waals surface area contributed by atoms with Gasteiger partial charge in [-0.2, -0.15) is 5.26 Å². The number of benzene rings is 2. The fourth-order valence-electron chi connectivity index (χ4n) is 3.03. The van der Waals surface area contributed by atoms with Crippen molar-refractivity contribution >= 4 is 32.6 Å². The first-order valence-corrected chi connectivity index (χ1v) is 10.1. The predicted octanol–water partition coefficient (Wildman–Crippen LogP) is 4.97. The topological polar surface area (TPSA) is 69.9 Å². The van der Waals surface area contributed by atoms with Crippen LogP contribution in [0.25, 0.3) is 10.2 Å². The Kier molecular flexibility index (Phi) is 5.32. The van der Waals surface area contributed by atoms with E-state index in [-0.39, 0.29) is 5.91 Å². The summed E-state index contributed by atoms with van der Waals surface area (Å²) < 4.78 is 1.06. The molecule has 4 aromatic rings. The second-order valence-corrected chi connectivity index (χ2v) is 7.60. The van der Waals surface area contributed by atoms with Gasteiger partial charge in [0.15, 0.2) is 5.13 Å². The first-order chi connectivity index (χ1) is 14.2. The van der Waals surface area contributed by atoms with Crippen molar-refractivity contribution in [2.45, 2.75) is 19.9 Å². The van der Waals surface area contributed by atoms with Crippen LogP contribution in [0.4, 0.5) is 5.13 Å². The summed E-state index contributed by atoms with van der Waals surface area (Å²) in [6.45, 7) is 2.48. The Bertz CT molecular complexity index is 1190. The van der Waals surface area contributed by atoms with E-state index < -0.39 is 0 Å². The first kappa shape index (κ1) is 18.8. The van der Waals surface area contributed by atoms with Gasteiger partial charge in [-0.05, 0) is 53.9 Å². The minimum atomic E-state index is -0.155. The summed E-state index contributed by atoms with van der Waals surface area (Å²) >= 11 is 1.51. The van der Waals surface area contributed by atoms with Crippen molar-refractivity contribution in [2.75, 3.05) is 4.90 Å². The van der Waals surface area contributed by atoms with Gasteiger partial charge >= 0.3 is 0 Å². The monoisotopic (exact) mass is 398 g/mol. The Morgan fingerprint density at radius 2 is 1.93 bits per heavy atom. The summed E-state index contributed by atoms with van der Waals surface area (Å²) in [4.78, 5) is 23.7. The van der Waals surface area contributed by atoms with Crippen molar-refractivity contribution < 1.29 is 4.79 Å². The van der Waals surface area contributed by atoms with Gasteiger partial charge in [-0.15, -0.1) is 0 Å². The lowest BCUT2D eigenvalue weighted by atomic mass is 10.1. The Labute approximate surface area is 172 Å². The Morgan fingerprint density at radius 1 is 1.14 bits per heavy atom. The molecule has 0 N–H and O–H groups in total. The third-order valence-corrected chi connectivity index (χ3v) is 5.70. The zero-order chi connectivity index (χ0) is 20.2. The molecule has 0 fully saturated rings. The lowest BCUT2D eigenvalue weighted by molar-refractivity contribution is 0.0985. The van der Waals surface area contributed by atoms with E-state index in [2.05, 4.69) is 30.1 Å². The molecule has 0 saturated heterocycles. The average Bonchev–Trinajstić information content (AvgIpc) is 3.21. The fourth-order valence-corrected chi connectivity index (χ4v) is 4.06. The lowest BCUT2D eigenvalue weighted by Gasteiger charge is -2.20. The predicted molar refractivity (Wildman–Crippen MR) is 115 cm³/mol. The smallest absolute Gasteiger partial charge is 0.261 e. The largest absolute Gasteiger partial charge is 0.279 e. The van der Waals surface area contributed by atoms with Gasteiger partial charge in [0.25, 0.3) is 5.91 Å². The molecule has 0 bridgehead atoms. The van der Waals surface area contributed by atoms with Crippen molar-refractivity contribution in [3.63, 3.8) is 0 Å². The number of nitriles is 1. The average molecular weight is 398 g/mol. The highest BCUT2D eigenvalue weighted by Gasteiger charge is 2.22. The minimum absolute atomic E-state index is 0.155. The number of anilines is 1. The van der Waals surface area contributed by atoms with Crippen LogP contribution < -0.4 is 4.90 Å². The summed E-state index contributed by atoms with van der Waals surface area (Å²) in [6.07, 6.45) is 4.16. The third-order valence-electron chi connectivity index (χ3n) is 4.66. The van der Waals surface area contributed by atoms with E-state index >= 15 is 0 Å². The van der Waals surface area contributed by atoms with Gasteiger partial charge in [0.2, 0.25) is 0 Å². The molecule has 0 aliphatic carbocycles. The van der Waals surface area contributed by atoms with Crippen molar-refractivity contribution in [1.82, 2.24) is 9.97 Å². The molecule has 0 spiro atoms. The molecule has 5 nitrogen and oxygen atoms in total. The zero-order valence-corrected chi connectivity index (χ0v) is 16.7. The summed E-state index contributed by atoms with van der Waals surface area (Å²) in [6, 6.07) is 19.1. The second kappa shape index (κ2) is 8.21. The van der Waals surface area contributed by atoms with Gasteiger partial charge in [-0.25, -0.2) is 4.98 Å². The number of pyridine rings is 1. The van der Waals surface area contributed by atoms with Crippen LogP contribution in [0.5, 0.6) is 0 Å². The summed E-state index contributed by atoms with van der Waals surface area (Å²) in [5.74, 6) is -0.155. The van der Waals surface area contributed by atoms with Crippen LogP contribution in [-0.2, 0) is 13.0 Å². The molecule has 2 heterocycles. The number of carbonyl (C=O) groups excluding carboxylic acids is 1. The van der Waals surface area contributed by atoms with E-state index in [1.807, 2.05) is 18.2 Å². The van der Waals surface area contributed by atoms with Crippen LogP contribution in [0.3, 0.4) is 0 Å². The standard InChI is InChI=1S/C23H18N4OS/c1-2-16-9-10-20-21(12-16)29-23(26-20)27(22(28)19-4-3-11-25-14-19)15-18-7-5-17(13-24)6-8-18/h3-12,14H,2,15H2,1H3.